The van der Waals surface area contributed by atoms with Gasteiger partial charge in [-0.1, -0.05) is 11.6 Å². The highest BCUT2D eigenvalue weighted by Crippen LogP contribution is 2.22. The Kier molecular flexibility index (Phi) is 5.41. The van der Waals surface area contributed by atoms with Crippen molar-refractivity contribution in [3.8, 4) is 0 Å². The van der Waals surface area contributed by atoms with Gasteiger partial charge in [0, 0.05) is 25.2 Å². The van der Waals surface area contributed by atoms with E-state index in [1.54, 1.807) is 18.2 Å². The van der Waals surface area contributed by atoms with Crippen LogP contribution in [0.25, 0.3) is 0 Å². The quantitative estimate of drug-likeness (QED) is 0.599. The first kappa shape index (κ1) is 16.0. The third-order valence-corrected chi connectivity index (χ3v) is 3.84. The molecule has 2 atom stereocenters. The minimum absolute atomic E-state index is 0.1000. The minimum Gasteiger partial charge on any atom is -0.397 e. The maximum atomic E-state index is 11.8. The summed E-state index contributed by atoms with van der Waals surface area (Å²) in [5, 5.41) is 22.1. The molecule has 1 aromatic rings. The molecule has 0 aromatic heterocycles. The fourth-order valence-corrected chi connectivity index (χ4v) is 2.46. The van der Waals surface area contributed by atoms with Crippen molar-refractivity contribution in [2.24, 2.45) is 0 Å². The van der Waals surface area contributed by atoms with Crippen LogP contribution in [0, 0.1) is 0 Å². The Morgan fingerprint density at radius 1 is 1.38 bits per heavy atom. The van der Waals surface area contributed by atoms with Crippen LogP contribution >= 0.6 is 11.6 Å². The molecule has 1 heterocycles. The Hall–Kier alpha value is -1.34. The Balaban J connectivity index is 1.71. The molecule has 0 spiro atoms. The van der Waals surface area contributed by atoms with Crippen LogP contribution in [0.5, 0.6) is 0 Å². The zero-order valence-corrected chi connectivity index (χ0v) is 12.4. The van der Waals surface area contributed by atoms with E-state index in [9.17, 15) is 15.0 Å². The number of nitrogen functional groups attached to an aromatic ring is 1. The number of aliphatic hydroxyl groups is 2. The molecule has 2 unspecified atom stereocenters. The molecular formula is C14H20ClN3O3. The number of amides is 1. The number of aliphatic hydroxyl groups excluding tert-OH is 2. The standard InChI is InChI=1S/C14H20ClN3O3/c15-10-4-3-9(6-11(10)16)17-14(21)2-1-5-18-7-12(19)13(20)8-18/h3-4,6,12-13,19-20H,1-2,5,7-8,16H2,(H,17,21). The SMILES string of the molecule is Nc1cc(NC(=O)CCCN2CC(O)C(O)C2)ccc1Cl. The van der Waals surface area contributed by atoms with E-state index in [2.05, 4.69) is 5.32 Å². The highest BCUT2D eigenvalue weighted by atomic mass is 35.5. The summed E-state index contributed by atoms with van der Waals surface area (Å²) in [5.74, 6) is -0.1000. The van der Waals surface area contributed by atoms with Gasteiger partial charge in [-0.05, 0) is 31.2 Å². The first-order valence-electron chi connectivity index (χ1n) is 6.89. The number of carbonyl (C=O) groups is 1. The number of rotatable bonds is 5. The summed E-state index contributed by atoms with van der Waals surface area (Å²) in [4.78, 5) is 13.8. The maximum absolute atomic E-state index is 11.8. The van der Waals surface area contributed by atoms with Crippen LogP contribution in [0.15, 0.2) is 18.2 Å². The molecular weight excluding hydrogens is 294 g/mol. The predicted molar refractivity (Wildman–Crippen MR) is 82.2 cm³/mol. The van der Waals surface area contributed by atoms with Crippen LogP contribution in [0.1, 0.15) is 12.8 Å². The highest BCUT2D eigenvalue weighted by Gasteiger charge is 2.28. The summed E-state index contributed by atoms with van der Waals surface area (Å²) in [6.07, 6.45) is -0.341. The number of halogens is 1. The molecule has 1 saturated heterocycles. The lowest BCUT2D eigenvalue weighted by Crippen LogP contribution is -2.24. The van der Waals surface area contributed by atoms with Gasteiger partial charge in [0.05, 0.1) is 22.9 Å². The molecule has 2 rings (SSSR count). The van der Waals surface area contributed by atoms with E-state index in [4.69, 9.17) is 17.3 Å². The molecule has 0 saturated carbocycles. The van der Waals surface area contributed by atoms with Crippen LogP contribution in [0.3, 0.4) is 0 Å². The van der Waals surface area contributed by atoms with Crippen LogP contribution in [0.2, 0.25) is 5.02 Å². The number of nitrogens with zero attached hydrogens (tertiary/aromatic N) is 1. The average molecular weight is 314 g/mol. The fraction of sp³-hybridized carbons (Fsp3) is 0.500. The van der Waals surface area contributed by atoms with E-state index in [1.165, 1.54) is 0 Å². The second kappa shape index (κ2) is 7.09. The molecule has 7 heteroatoms. The van der Waals surface area contributed by atoms with Crippen molar-refractivity contribution in [1.29, 1.82) is 0 Å². The van der Waals surface area contributed by atoms with Gasteiger partial charge in [0.2, 0.25) is 5.91 Å². The van der Waals surface area contributed by atoms with E-state index in [0.717, 1.165) is 0 Å². The van der Waals surface area contributed by atoms with Crippen LogP contribution in [-0.2, 0) is 4.79 Å². The number of hydrogen-bond donors (Lipinski definition) is 4. The van der Waals surface area contributed by atoms with Gasteiger partial charge in [-0.15, -0.1) is 0 Å². The lowest BCUT2D eigenvalue weighted by molar-refractivity contribution is -0.116. The first-order valence-corrected chi connectivity index (χ1v) is 7.27. The van der Waals surface area contributed by atoms with Crippen molar-refractivity contribution in [2.75, 3.05) is 30.7 Å². The Bertz CT molecular complexity index is 502. The number of nitrogens with two attached hydrogens (primary N) is 1. The van der Waals surface area contributed by atoms with Crippen LogP contribution in [-0.4, -0.2) is 52.9 Å². The number of hydrogen-bond acceptors (Lipinski definition) is 5. The predicted octanol–water partition coefficient (Wildman–Crippen LogP) is 0.678. The minimum atomic E-state index is -0.684. The zero-order valence-electron chi connectivity index (χ0n) is 11.6. The van der Waals surface area contributed by atoms with Crippen molar-refractivity contribution < 1.29 is 15.0 Å². The Labute approximate surface area is 128 Å². The Morgan fingerprint density at radius 2 is 2.05 bits per heavy atom. The summed E-state index contributed by atoms with van der Waals surface area (Å²) in [6, 6.07) is 4.96. The lowest BCUT2D eigenvalue weighted by Gasteiger charge is -2.14. The number of likely N-dealkylation sites (tertiary alicyclic amines) is 1. The van der Waals surface area contributed by atoms with Gasteiger partial charge in [0.15, 0.2) is 0 Å². The third-order valence-electron chi connectivity index (χ3n) is 3.49. The molecule has 21 heavy (non-hydrogen) atoms. The van der Waals surface area contributed by atoms with Gasteiger partial charge in [-0.3, -0.25) is 9.69 Å². The molecule has 1 amide bonds. The van der Waals surface area contributed by atoms with Crippen molar-refractivity contribution in [1.82, 2.24) is 4.90 Å². The van der Waals surface area contributed by atoms with Gasteiger partial charge < -0.3 is 21.3 Å². The van der Waals surface area contributed by atoms with Crippen molar-refractivity contribution in [3.05, 3.63) is 23.2 Å². The van der Waals surface area contributed by atoms with Gasteiger partial charge in [0.25, 0.3) is 0 Å². The largest absolute Gasteiger partial charge is 0.397 e. The molecule has 5 N–H and O–H groups in total. The van der Waals surface area contributed by atoms with Gasteiger partial charge in [-0.2, -0.15) is 0 Å². The normalized spacial score (nSPS) is 22.4. The van der Waals surface area contributed by atoms with Gasteiger partial charge in [0.1, 0.15) is 0 Å². The molecule has 1 aliphatic heterocycles. The smallest absolute Gasteiger partial charge is 0.224 e. The number of anilines is 2. The zero-order chi connectivity index (χ0) is 15.4. The Morgan fingerprint density at radius 3 is 2.67 bits per heavy atom. The van der Waals surface area contributed by atoms with E-state index in [1.807, 2.05) is 4.90 Å². The number of nitrogens with one attached hydrogen (secondary N) is 1. The molecule has 6 nitrogen and oxygen atoms in total. The van der Waals surface area contributed by atoms with Gasteiger partial charge in [-0.25, -0.2) is 0 Å². The molecule has 0 bridgehead atoms. The van der Waals surface area contributed by atoms with Crippen LogP contribution in [0.4, 0.5) is 11.4 Å². The van der Waals surface area contributed by atoms with E-state index in [-0.39, 0.29) is 5.91 Å². The molecule has 1 fully saturated rings. The van der Waals surface area contributed by atoms with E-state index in [0.29, 0.717) is 48.9 Å². The van der Waals surface area contributed by atoms with Crippen molar-refractivity contribution in [3.63, 3.8) is 0 Å². The van der Waals surface area contributed by atoms with E-state index >= 15 is 0 Å². The summed E-state index contributed by atoms with van der Waals surface area (Å²) < 4.78 is 0. The molecule has 0 radical (unpaired) electrons. The summed E-state index contributed by atoms with van der Waals surface area (Å²) >= 11 is 5.81. The first-order chi connectivity index (χ1) is 9.95. The number of β-amino-alcohol motifs (C(OH)–C–C–N with tert-alkyl or cyclic N) is 2. The summed E-state index contributed by atoms with van der Waals surface area (Å²) in [5.41, 5.74) is 6.71. The molecule has 116 valence electrons. The third kappa shape index (κ3) is 4.57. The van der Waals surface area contributed by atoms with Crippen LogP contribution < -0.4 is 11.1 Å². The van der Waals surface area contributed by atoms with Gasteiger partial charge >= 0.3 is 0 Å². The average Bonchev–Trinajstić information content (AvgIpc) is 2.73. The second-order valence-electron chi connectivity index (χ2n) is 5.28. The number of benzene rings is 1. The number of carbonyl (C=O) groups excluding carboxylic acids is 1. The second-order valence-corrected chi connectivity index (χ2v) is 5.69. The molecule has 1 aliphatic rings. The molecule has 1 aromatic carbocycles. The summed E-state index contributed by atoms with van der Waals surface area (Å²) in [6.45, 7) is 1.58. The van der Waals surface area contributed by atoms with Crippen molar-refractivity contribution >= 4 is 28.9 Å². The van der Waals surface area contributed by atoms with E-state index < -0.39 is 12.2 Å². The fourth-order valence-electron chi connectivity index (χ4n) is 2.34. The summed E-state index contributed by atoms with van der Waals surface area (Å²) in [7, 11) is 0. The highest BCUT2D eigenvalue weighted by molar-refractivity contribution is 6.33. The maximum Gasteiger partial charge on any atom is 0.224 e. The molecule has 0 aliphatic carbocycles. The van der Waals surface area contributed by atoms with Crippen molar-refractivity contribution in [2.45, 2.75) is 25.0 Å². The lowest BCUT2D eigenvalue weighted by atomic mass is 10.2. The monoisotopic (exact) mass is 313 g/mol. The topological polar surface area (TPSA) is 98.8 Å².